The Bertz CT molecular complexity index is 1810. The molecule has 0 unspecified atom stereocenters. The van der Waals surface area contributed by atoms with E-state index in [0.717, 1.165) is 22.1 Å². The molecule has 0 aliphatic rings. The first-order chi connectivity index (χ1) is 19.5. The van der Waals surface area contributed by atoms with Gasteiger partial charge in [-0.15, -0.1) is 0 Å². The minimum absolute atomic E-state index is 0.0612. The third-order valence-corrected chi connectivity index (χ3v) is 6.15. The highest BCUT2D eigenvalue weighted by atomic mass is 16.6. The van der Waals surface area contributed by atoms with Crippen LogP contribution in [0.3, 0.4) is 0 Å². The molecule has 2 aromatic heterocycles. The molecule has 194 valence electrons. The number of nitro benzene ring substituents is 2. The van der Waals surface area contributed by atoms with Gasteiger partial charge in [0.2, 0.25) is 0 Å². The Hall–Kier alpha value is -6.04. The van der Waals surface area contributed by atoms with E-state index in [4.69, 9.17) is 9.98 Å². The molecule has 0 radical (unpaired) electrons. The van der Waals surface area contributed by atoms with Gasteiger partial charge in [0.05, 0.1) is 43.3 Å². The Balaban J connectivity index is 1.63. The lowest BCUT2D eigenvalue weighted by Gasteiger charge is -2.14. The minimum Gasteiger partial charge on any atom is -0.280 e. The van der Waals surface area contributed by atoms with Crippen LogP contribution < -0.4 is 0 Å². The molecule has 2 heterocycles. The predicted octanol–water partition coefficient (Wildman–Crippen LogP) is 6.06. The summed E-state index contributed by atoms with van der Waals surface area (Å²) in [7, 11) is 0. The maximum absolute atomic E-state index is 11.2. The Morgan fingerprint density at radius 2 is 0.950 bits per heavy atom. The Labute approximate surface area is 225 Å². The molecule has 0 amide bonds. The second kappa shape index (κ2) is 10.0. The molecule has 0 N–H and O–H groups in total. The second-order valence-electron chi connectivity index (χ2n) is 8.62. The van der Waals surface area contributed by atoms with Crippen molar-refractivity contribution in [3.63, 3.8) is 0 Å². The first-order valence-corrected chi connectivity index (χ1v) is 12.0. The molecule has 6 aromatic rings. The quantitative estimate of drug-likeness (QED) is 0.117. The zero-order chi connectivity index (χ0) is 27.6. The number of benzene rings is 4. The zero-order valence-electron chi connectivity index (χ0n) is 20.6. The van der Waals surface area contributed by atoms with Crippen LogP contribution in [0.2, 0.25) is 0 Å². The van der Waals surface area contributed by atoms with Crippen LogP contribution >= 0.6 is 0 Å². The van der Waals surface area contributed by atoms with E-state index in [1.807, 2.05) is 48.5 Å². The molecule has 0 aliphatic carbocycles. The van der Waals surface area contributed by atoms with Gasteiger partial charge in [-0.25, -0.2) is 20.0 Å². The SMILES string of the molecule is O=[N+]([O-])c1ccc(N=C(C(=Nc2ccc([N+](=O)[O-])cc2)n2cnc3ccccc32)n2cnc3ccccc32)cc1. The van der Waals surface area contributed by atoms with Crippen LogP contribution in [0.1, 0.15) is 0 Å². The van der Waals surface area contributed by atoms with Gasteiger partial charge in [-0.2, -0.15) is 0 Å². The topological polar surface area (TPSA) is 147 Å². The molecule has 0 saturated heterocycles. The summed E-state index contributed by atoms with van der Waals surface area (Å²) in [5.74, 6) is 0.702. The summed E-state index contributed by atoms with van der Waals surface area (Å²) in [4.78, 5) is 40.3. The van der Waals surface area contributed by atoms with Gasteiger partial charge >= 0.3 is 0 Å². The zero-order valence-corrected chi connectivity index (χ0v) is 20.6. The van der Waals surface area contributed by atoms with E-state index < -0.39 is 9.85 Å². The number of rotatable bonds is 4. The first kappa shape index (κ1) is 24.3. The average molecular weight is 531 g/mol. The van der Waals surface area contributed by atoms with Crippen molar-refractivity contribution in [2.75, 3.05) is 0 Å². The standard InChI is InChI=1S/C28H18N8O4/c37-35(38)21-13-9-19(10-14-21)31-27(33-17-29-23-5-1-3-7-25(23)33)28(32-20-11-15-22(16-12-20)36(39)40)34-18-30-24-6-2-4-8-26(24)34/h1-18H. The van der Waals surface area contributed by atoms with Crippen molar-refractivity contribution in [2.45, 2.75) is 0 Å². The highest BCUT2D eigenvalue weighted by molar-refractivity contribution is 6.44. The summed E-state index contributed by atoms with van der Waals surface area (Å²) < 4.78 is 3.55. The number of imidazole rings is 2. The molecule has 0 spiro atoms. The van der Waals surface area contributed by atoms with Crippen molar-refractivity contribution < 1.29 is 9.85 Å². The van der Waals surface area contributed by atoms with E-state index in [-0.39, 0.29) is 11.4 Å². The maximum Gasteiger partial charge on any atom is 0.269 e. The number of hydrogen-bond acceptors (Lipinski definition) is 8. The van der Waals surface area contributed by atoms with E-state index in [1.54, 1.807) is 46.1 Å². The molecule has 0 saturated carbocycles. The normalized spacial score (nSPS) is 12.2. The number of aromatic nitrogens is 4. The van der Waals surface area contributed by atoms with Gasteiger partial charge < -0.3 is 0 Å². The monoisotopic (exact) mass is 530 g/mol. The number of hydrogen-bond donors (Lipinski definition) is 0. The van der Waals surface area contributed by atoms with Crippen LogP contribution in [0.5, 0.6) is 0 Å². The molecule has 4 aromatic carbocycles. The summed E-state index contributed by atoms with van der Waals surface area (Å²) >= 11 is 0. The minimum atomic E-state index is -0.475. The van der Waals surface area contributed by atoms with E-state index in [2.05, 4.69) is 9.97 Å². The molecule has 6 rings (SSSR count). The van der Waals surface area contributed by atoms with Gasteiger partial charge in [0.25, 0.3) is 11.4 Å². The van der Waals surface area contributed by atoms with Gasteiger partial charge in [-0.3, -0.25) is 29.4 Å². The van der Waals surface area contributed by atoms with Crippen LogP contribution in [0, 0.1) is 20.2 Å². The fourth-order valence-corrected chi connectivity index (χ4v) is 4.22. The molecule has 0 bridgehead atoms. The number of fused-ring (bicyclic) bond motifs is 2. The lowest BCUT2D eigenvalue weighted by atomic mass is 10.2. The summed E-state index contributed by atoms with van der Waals surface area (Å²) in [5, 5.41) is 22.4. The van der Waals surface area contributed by atoms with Gasteiger partial charge in [-0.1, -0.05) is 24.3 Å². The number of aliphatic imine (C=N–C) groups is 2. The van der Waals surface area contributed by atoms with Gasteiger partial charge in [0, 0.05) is 24.3 Å². The molecular formula is C28H18N8O4. The number of non-ortho nitro benzene ring substituents is 2. The Morgan fingerprint density at radius 3 is 1.32 bits per heavy atom. The van der Waals surface area contributed by atoms with E-state index in [9.17, 15) is 20.2 Å². The van der Waals surface area contributed by atoms with Crippen molar-refractivity contribution in [1.29, 1.82) is 0 Å². The molecule has 40 heavy (non-hydrogen) atoms. The average Bonchev–Trinajstić information content (AvgIpc) is 3.60. The summed E-state index contributed by atoms with van der Waals surface area (Å²) in [5.41, 5.74) is 3.72. The van der Waals surface area contributed by atoms with Crippen molar-refractivity contribution in [3.05, 3.63) is 130 Å². The van der Waals surface area contributed by atoms with Crippen LogP contribution in [0.4, 0.5) is 22.7 Å². The highest BCUT2D eigenvalue weighted by Gasteiger charge is 2.20. The van der Waals surface area contributed by atoms with Crippen LogP contribution in [0.15, 0.2) is 120 Å². The molecule has 12 nitrogen and oxygen atoms in total. The number of para-hydroxylation sites is 4. The lowest BCUT2D eigenvalue weighted by molar-refractivity contribution is -0.385. The van der Waals surface area contributed by atoms with Crippen molar-refractivity contribution >= 4 is 56.5 Å². The van der Waals surface area contributed by atoms with Crippen molar-refractivity contribution in [3.8, 4) is 0 Å². The van der Waals surface area contributed by atoms with Crippen LogP contribution in [-0.4, -0.2) is 40.6 Å². The first-order valence-electron chi connectivity index (χ1n) is 12.0. The fourth-order valence-electron chi connectivity index (χ4n) is 4.22. The van der Waals surface area contributed by atoms with Gasteiger partial charge in [0.1, 0.15) is 12.7 Å². The maximum atomic E-state index is 11.2. The molecular weight excluding hydrogens is 512 g/mol. The lowest BCUT2D eigenvalue weighted by Crippen LogP contribution is -2.28. The van der Waals surface area contributed by atoms with Gasteiger partial charge in [0.15, 0.2) is 11.7 Å². The Kier molecular flexibility index (Phi) is 6.09. The number of nitrogens with zero attached hydrogens (tertiary/aromatic N) is 8. The van der Waals surface area contributed by atoms with Crippen LogP contribution in [-0.2, 0) is 0 Å². The predicted molar refractivity (Wildman–Crippen MR) is 151 cm³/mol. The third-order valence-electron chi connectivity index (χ3n) is 6.15. The van der Waals surface area contributed by atoms with Crippen LogP contribution in [0.25, 0.3) is 22.1 Å². The molecule has 0 fully saturated rings. The van der Waals surface area contributed by atoms with Gasteiger partial charge in [-0.05, 0) is 48.5 Å². The van der Waals surface area contributed by atoms with Crippen molar-refractivity contribution in [1.82, 2.24) is 19.1 Å². The summed E-state index contributed by atoms with van der Waals surface area (Å²) in [6.07, 6.45) is 3.25. The molecule has 0 aliphatic heterocycles. The molecule has 0 atom stereocenters. The smallest absolute Gasteiger partial charge is 0.269 e. The third kappa shape index (κ3) is 4.56. The highest BCUT2D eigenvalue weighted by Crippen LogP contribution is 2.24. The fraction of sp³-hybridized carbons (Fsp3) is 0. The Morgan fingerprint density at radius 1 is 0.575 bits per heavy atom. The van der Waals surface area contributed by atoms with Crippen molar-refractivity contribution in [2.24, 2.45) is 9.98 Å². The summed E-state index contributed by atoms with van der Waals surface area (Å²) in [6.45, 7) is 0. The van der Waals surface area contributed by atoms with E-state index >= 15 is 0 Å². The number of nitro groups is 2. The van der Waals surface area contributed by atoms with E-state index in [1.165, 1.54) is 24.3 Å². The second-order valence-corrected chi connectivity index (χ2v) is 8.62. The molecule has 12 heteroatoms. The summed E-state index contributed by atoms with van der Waals surface area (Å²) in [6, 6.07) is 26.7. The van der Waals surface area contributed by atoms with E-state index in [0.29, 0.717) is 23.0 Å². The largest absolute Gasteiger partial charge is 0.280 e.